The molecule has 0 saturated heterocycles. The minimum Gasteiger partial charge on any atom is -0.482 e. The van der Waals surface area contributed by atoms with Crippen LogP contribution in [0.5, 0.6) is 5.75 Å². The van der Waals surface area contributed by atoms with Crippen LogP contribution in [0.1, 0.15) is 40.4 Å². The third-order valence-corrected chi connectivity index (χ3v) is 4.83. The minimum atomic E-state index is -4.44. The number of nitrogens with one attached hydrogen (secondary N) is 2. The van der Waals surface area contributed by atoms with Crippen LogP contribution < -0.4 is 15.4 Å². The number of benzene rings is 2. The molecule has 4 rings (SSSR count). The molecule has 1 atom stereocenters. The van der Waals surface area contributed by atoms with E-state index >= 15 is 0 Å². The van der Waals surface area contributed by atoms with Crippen LogP contribution >= 0.6 is 0 Å². The normalized spacial score (nSPS) is 17.2. The Labute approximate surface area is 158 Å². The summed E-state index contributed by atoms with van der Waals surface area (Å²) in [6.45, 7) is -0.0855. The quantitative estimate of drug-likeness (QED) is 0.832. The molecular weight excluding hydrogens is 373 g/mol. The lowest BCUT2D eigenvalue weighted by molar-refractivity contribution is -0.137. The van der Waals surface area contributed by atoms with E-state index in [0.29, 0.717) is 22.6 Å². The number of carbonyl (C=O) groups excluding carboxylic acids is 2. The predicted molar refractivity (Wildman–Crippen MR) is 94.9 cm³/mol. The third-order valence-electron chi connectivity index (χ3n) is 4.83. The molecule has 1 aliphatic carbocycles. The number of carbonyl (C=O) groups is 2. The number of halogens is 3. The molecule has 28 heavy (non-hydrogen) atoms. The average molecular weight is 390 g/mol. The summed E-state index contributed by atoms with van der Waals surface area (Å²) >= 11 is 0. The van der Waals surface area contributed by atoms with Gasteiger partial charge in [0.1, 0.15) is 5.75 Å². The lowest BCUT2D eigenvalue weighted by Crippen LogP contribution is -2.31. The molecule has 2 aromatic rings. The smallest absolute Gasteiger partial charge is 0.416 e. The summed E-state index contributed by atoms with van der Waals surface area (Å²) in [5.74, 6) is -0.164. The van der Waals surface area contributed by atoms with Gasteiger partial charge >= 0.3 is 6.18 Å². The van der Waals surface area contributed by atoms with E-state index in [1.165, 1.54) is 12.1 Å². The van der Waals surface area contributed by atoms with E-state index in [2.05, 4.69) is 10.6 Å². The summed E-state index contributed by atoms with van der Waals surface area (Å²) < 4.78 is 44.4. The number of hydrogen-bond donors (Lipinski definition) is 2. The fourth-order valence-corrected chi connectivity index (χ4v) is 3.26. The van der Waals surface area contributed by atoms with Gasteiger partial charge in [-0.05, 0) is 54.7 Å². The summed E-state index contributed by atoms with van der Waals surface area (Å²) in [5, 5.41) is 5.48. The Kier molecular flexibility index (Phi) is 4.49. The van der Waals surface area contributed by atoms with Crippen molar-refractivity contribution in [2.75, 3.05) is 11.9 Å². The number of hydrogen-bond acceptors (Lipinski definition) is 3. The molecule has 1 heterocycles. The monoisotopic (exact) mass is 390 g/mol. The van der Waals surface area contributed by atoms with Crippen LogP contribution in [0.15, 0.2) is 42.5 Å². The number of rotatable bonds is 4. The van der Waals surface area contributed by atoms with E-state index in [0.717, 1.165) is 25.0 Å². The molecule has 1 fully saturated rings. The average Bonchev–Trinajstić information content (AvgIpc) is 3.49. The molecule has 2 amide bonds. The molecule has 0 spiro atoms. The second kappa shape index (κ2) is 6.85. The van der Waals surface area contributed by atoms with E-state index < -0.39 is 23.7 Å². The van der Waals surface area contributed by atoms with Crippen LogP contribution in [0.25, 0.3) is 0 Å². The maximum atomic E-state index is 13.0. The second-order valence-electron chi connectivity index (χ2n) is 6.96. The van der Waals surface area contributed by atoms with E-state index in [1.54, 1.807) is 18.2 Å². The summed E-state index contributed by atoms with van der Waals surface area (Å²) in [5.41, 5.74) is 0.381. The topological polar surface area (TPSA) is 67.4 Å². The van der Waals surface area contributed by atoms with Gasteiger partial charge in [0.15, 0.2) is 6.61 Å². The van der Waals surface area contributed by atoms with Crippen molar-refractivity contribution in [3.8, 4) is 5.75 Å². The van der Waals surface area contributed by atoms with Crippen molar-refractivity contribution in [3.63, 3.8) is 0 Å². The zero-order valence-corrected chi connectivity index (χ0v) is 14.7. The maximum Gasteiger partial charge on any atom is 0.416 e. The first-order chi connectivity index (χ1) is 13.3. The lowest BCUT2D eigenvalue weighted by atomic mass is 9.99. The van der Waals surface area contributed by atoms with Gasteiger partial charge in [-0.3, -0.25) is 9.59 Å². The Balaban J connectivity index is 1.57. The van der Waals surface area contributed by atoms with Crippen LogP contribution in [-0.4, -0.2) is 18.4 Å². The van der Waals surface area contributed by atoms with E-state index in [-0.39, 0.29) is 18.4 Å². The van der Waals surface area contributed by atoms with Crippen molar-refractivity contribution in [3.05, 3.63) is 59.2 Å². The molecular formula is C20H17F3N2O3. The Morgan fingerprint density at radius 1 is 1.18 bits per heavy atom. The number of alkyl halides is 3. The van der Waals surface area contributed by atoms with Crippen LogP contribution in [0.2, 0.25) is 0 Å². The van der Waals surface area contributed by atoms with Crippen LogP contribution in [0.3, 0.4) is 0 Å². The van der Waals surface area contributed by atoms with Crippen molar-refractivity contribution in [2.45, 2.75) is 25.1 Å². The highest BCUT2D eigenvalue weighted by Gasteiger charge is 2.36. The van der Waals surface area contributed by atoms with Crippen LogP contribution in [0, 0.1) is 5.92 Å². The molecule has 146 valence electrons. The highest BCUT2D eigenvalue weighted by Crippen LogP contribution is 2.42. The van der Waals surface area contributed by atoms with Gasteiger partial charge in [0.2, 0.25) is 0 Å². The van der Waals surface area contributed by atoms with Crippen molar-refractivity contribution < 1.29 is 27.5 Å². The molecule has 5 nitrogen and oxygen atoms in total. The summed E-state index contributed by atoms with van der Waals surface area (Å²) in [4.78, 5) is 24.2. The van der Waals surface area contributed by atoms with Crippen molar-refractivity contribution in [1.29, 1.82) is 0 Å². The standard InChI is InChI=1S/C20H17F3N2O3/c21-20(22,23)14-3-1-2-12(8-14)18(11-4-5-11)25-19(27)13-6-7-16-15(9-13)24-17(26)10-28-16/h1-3,6-9,11,18H,4-5,10H2,(H,24,26)(H,25,27). The number of fused-ring (bicyclic) bond motifs is 1. The van der Waals surface area contributed by atoms with Crippen molar-refractivity contribution >= 4 is 17.5 Å². The van der Waals surface area contributed by atoms with Gasteiger partial charge in [-0.2, -0.15) is 13.2 Å². The molecule has 0 radical (unpaired) electrons. The Morgan fingerprint density at radius 3 is 2.68 bits per heavy atom. The Morgan fingerprint density at radius 2 is 1.96 bits per heavy atom. The first-order valence-corrected chi connectivity index (χ1v) is 8.86. The van der Waals surface area contributed by atoms with Gasteiger partial charge in [0.25, 0.3) is 11.8 Å². The second-order valence-corrected chi connectivity index (χ2v) is 6.96. The molecule has 1 aliphatic heterocycles. The third kappa shape index (κ3) is 3.81. The largest absolute Gasteiger partial charge is 0.482 e. The van der Waals surface area contributed by atoms with Gasteiger partial charge in [0.05, 0.1) is 17.3 Å². The molecule has 8 heteroatoms. The molecule has 1 unspecified atom stereocenters. The fourth-order valence-electron chi connectivity index (χ4n) is 3.26. The van der Waals surface area contributed by atoms with Gasteiger partial charge < -0.3 is 15.4 Å². The first-order valence-electron chi connectivity index (χ1n) is 8.86. The number of ether oxygens (including phenoxy) is 1. The highest BCUT2D eigenvalue weighted by molar-refractivity contribution is 6.00. The predicted octanol–water partition coefficient (Wildman–Crippen LogP) is 3.92. The van der Waals surface area contributed by atoms with Crippen molar-refractivity contribution in [2.24, 2.45) is 5.92 Å². The van der Waals surface area contributed by atoms with Gasteiger partial charge in [-0.1, -0.05) is 12.1 Å². The summed E-state index contributed by atoms with van der Waals surface area (Å²) in [6.07, 6.45) is -2.75. The molecule has 1 saturated carbocycles. The highest BCUT2D eigenvalue weighted by atomic mass is 19.4. The Hall–Kier alpha value is -3.03. The summed E-state index contributed by atoms with van der Waals surface area (Å²) in [6, 6.07) is 9.19. The van der Waals surface area contributed by atoms with Gasteiger partial charge in [0, 0.05) is 5.56 Å². The first kappa shape index (κ1) is 18.3. The van der Waals surface area contributed by atoms with E-state index in [9.17, 15) is 22.8 Å². The molecule has 2 aliphatic rings. The van der Waals surface area contributed by atoms with E-state index in [4.69, 9.17) is 4.74 Å². The van der Waals surface area contributed by atoms with Crippen LogP contribution in [-0.2, 0) is 11.0 Å². The van der Waals surface area contributed by atoms with Gasteiger partial charge in [-0.25, -0.2) is 0 Å². The number of anilines is 1. The van der Waals surface area contributed by atoms with Gasteiger partial charge in [-0.15, -0.1) is 0 Å². The molecule has 2 N–H and O–H groups in total. The zero-order valence-electron chi connectivity index (χ0n) is 14.7. The number of amides is 2. The minimum absolute atomic E-state index is 0.0855. The fraction of sp³-hybridized carbons (Fsp3) is 0.300. The molecule has 2 aromatic carbocycles. The van der Waals surface area contributed by atoms with Crippen molar-refractivity contribution in [1.82, 2.24) is 5.32 Å². The maximum absolute atomic E-state index is 13.0. The summed E-state index contributed by atoms with van der Waals surface area (Å²) in [7, 11) is 0. The molecule has 0 aromatic heterocycles. The van der Waals surface area contributed by atoms with E-state index in [1.807, 2.05) is 0 Å². The van der Waals surface area contributed by atoms with Crippen LogP contribution in [0.4, 0.5) is 18.9 Å². The Bertz CT molecular complexity index is 939. The lowest BCUT2D eigenvalue weighted by Gasteiger charge is -2.21. The SMILES string of the molecule is O=C1COc2ccc(C(=O)NC(c3cccc(C(F)(F)F)c3)C3CC3)cc2N1. The molecule has 0 bridgehead atoms. The zero-order chi connectivity index (χ0) is 19.9.